The minimum Gasteiger partial charge on any atom is -0.474 e. The number of ether oxygens (including phenoxy) is 2. The monoisotopic (exact) mass is 250 g/mol. The van der Waals surface area contributed by atoms with Gasteiger partial charge in [-0.2, -0.15) is 4.98 Å². The Bertz CT molecular complexity index is 321. The summed E-state index contributed by atoms with van der Waals surface area (Å²) in [6.45, 7) is 4.77. The molecule has 0 fully saturated rings. The van der Waals surface area contributed by atoms with Crippen LogP contribution in [-0.2, 0) is 4.74 Å². The summed E-state index contributed by atoms with van der Waals surface area (Å²) in [5, 5.41) is 0.447. The van der Waals surface area contributed by atoms with Crippen LogP contribution in [0.25, 0.3) is 0 Å². The van der Waals surface area contributed by atoms with Gasteiger partial charge in [0, 0.05) is 0 Å². The van der Waals surface area contributed by atoms with Crippen molar-refractivity contribution in [2.45, 2.75) is 20.0 Å². The van der Waals surface area contributed by atoms with Gasteiger partial charge in [-0.05, 0) is 25.4 Å². The maximum atomic E-state index is 5.79. The third-order valence-electron chi connectivity index (χ3n) is 1.46. The van der Waals surface area contributed by atoms with Gasteiger partial charge in [0.25, 0.3) is 0 Å². The molecular formula is C9H12Cl2N2O2. The molecular weight excluding hydrogens is 239 g/mol. The molecule has 0 N–H and O–H groups in total. The highest BCUT2D eigenvalue weighted by molar-refractivity contribution is 6.32. The maximum absolute atomic E-state index is 5.79. The lowest BCUT2D eigenvalue weighted by atomic mass is 10.5. The highest BCUT2D eigenvalue weighted by Gasteiger charge is 2.05. The highest BCUT2D eigenvalue weighted by Crippen LogP contribution is 2.21. The molecule has 1 rings (SSSR count). The van der Waals surface area contributed by atoms with Gasteiger partial charge in [-0.3, -0.25) is 0 Å². The smallest absolute Gasteiger partial charge is 0.237 e. The minimum atomic E-state index is 0.110. The van der Waals surface area contributed by atoms with Crippen molar-refractivity contribution in [1.29, 1.82) is 0 Å². The zero-order valence-corrected chi connectivity index (χ0v) is 10.0. The lowest BCUT2D eigenvalue weighted by Gasteiger charge is -2.09. The molecule has 1 aromatic rings. The van der Waals surface area contributed by atoms with Crippen molar-refractivity contribution >= 4 is 23.2 Å². The minimum absolute atomic E-state index is 0.110. The van der Waals surface area contributed by atoms with Gasteiger partial charge in [0.05, 0.1) is 18.9 Å². The van der Waals surface area contributed by atoms with Gasteiger partial charge in [0.15, 0.2) is 0 Å². The normalized spacial score (nSPS) is 10.7. The second-order valence-electron chi connectivity index (χ2n) is 3.06. The summed E-state index contributed by atoms with van der Waals surface area (Å²) in [7, 11) is 0. The average Bonchev–Trinajstić information content (AvgIpc) is 2.17. The molecule has 1 aromatic heterocycles. The standard InChI is InChI=1S/C9H12Cl2N2O2/c1-6(2)14-3-4-15-8-7(10)5-12-9(11)13-8/h5-6H,3-4H2,1-2H3. The van der Waals surface area contributed by atoms with Crippen molar-refractivity contribution in [2.24, 2.45) is 0 Å². The van der Waals surface area contributed by atoms with E-state index >= 15 is 0 Å². The van der Waals surface area contributed by atoms with Gasteiger partial charge >= 0.3 is 0 Å². The molecule has 1 heterocycles. The van der Waals surface area contributed by atoms with Gasteiger partial charge in [-0.25, -0.2) is 4.98 Å². The first-order valence-electron chi connectivity index (χ1n) is 4.52. The molecule has 0 aliphatic heterocycles. The van der Waals surface area contributed by atoms with Gasteiger partial charge in [0.2, 0.25) is 11.2 Å². The molecule has 0 radical (unpaired) electrons. The summed E-state index contributed by atoms with van der Waals surface area (Å²) in [5.74, 6) is 0.282. The Morgan fingerprint density at radius 2 is 2.07 bits per heavy atom. The Morgan fingerprint density at radius 1 is 1.33 bits per heavy atom. The maximum Gasteiger partial charge on any atom is 0.237 e. The van der Waals surface area contributed by atoms with Crippen LogP contribution >= 0.6 is 23.2 Å². The van der Waals surface area contributed by atoms with Crippen LogP contribution in [0, 0.1) is 0 Å². The van der Waals surface area contributed by atoms with Crippen molar-refractivity contribution < 1.29 is 9.47 Å². The second-order valence-corrected chi connectivity index (χ2v) is 3.81. The Balaban J connectivity index is 2.40. The van der Waals surface area contributed by atoms with Crippen LogP contribution in [0.1, 0.15) is 13.8 Å². The molecule has 0 saturated carbocycles. The van der Waals surface area contributed by atoms with Crippen LogP contribution in [0.15, 0.2) is 6.20 Å². The van der Waals surface area contributed by atoms with Gasteiger partial charge in [-0.1, -0.05) is 11.6 Å². The highest BCUT2D eigenvalue weighted by atomic mass is 35.5. The van der Waals surface area contributed by atoms with E-state index in [2.05, 4.69) is 9.97 Å². The molecule has 0 aliphatic carbocycles. The SMILES string of the molecule is CC(C)OCCOc1nc(Cl)ncc1Cl. The number of aromatic nitrogens is 2. The average molecular weight is 251 g/mol. The fourth-order valence-corrected chi connectivity index (χ4v) is 1.13. The van der Waals surface area contributed by atoms with Crippen molar-refractivity contribution in [3.8, 4) is 5.88 Å². The quantitative estimate of drug-likeness (QED) is 0.596. The van der Waals surface area contributed by atoms with E-state index in [0.717, 1.165) is 0 Å². The summed E-state index contributed by atoms with van der Waals surface area (Å²) in [4.78, 5) is 7.54. The number of halogens is 2. The molecule has 0 spiro atoms. The first-order valence-corrected chi connectivity index (χ1v) is 5.27. The number of hydrogen-bond donors (Lipinski definition) is 0. The molecule has 6 heteroatoms. The number of hydrogen-bond acceptors (Lipinski definition) is 4. The molecule has 4 nitrogen and oxygen atoms in total. The lowest BCUT2D eigenvalue weighted by molar-refractivity contribution is 0.0542. The second kappa shape index (κ2) is 6.10. The molecule has 84 valence electrons. The molecule has 0 bridgehead atoms. The molecule has 15 heavy (non-hydrogen) atoms. The fourth-order valence-electron chi connectivity index (χ4n) is 0.855. The predicted molar refractivity (Wildman–Crippen MR) is 58.6 cm³/mol. The van der Waals surface area contributed by atoms with Gasteiger partial charge in [-0.15, -0.1) is 0 Å². The summed E-state index contributed by atoms with van der Waals surface area (Å²) in [5.41, 5.74) is 0. The summed E-state index contributed by atoms with van der Waals surface area (Å²) >= 11 is 11.4. The van der Waals surface area contributed by atoms with E-state index in [1.54, 1.807) is 0 Å². The molecule has 0 saturated heterocycles. The summed E-state index contributed by atoms with van der Waals surface area (Å²) in [6, 6.07) is 0. The van der Waals surface area contributed by atoms with E-state index in [0.29, 0.717) is 18.2 Å². The Kier molecular flexibility index (Phi) is 5.08. The van der Waals surface area contributed by atoms with Crippen LogP contribution in [0.2, 0.25) is 10.3 Å². The lowest BCUT2D eigenvalue weighted by Crippen LogP contribution is -2.12. The van der Waals surface area contributed by atoms with E-state index < -0.39 is 0 Å². The Morgan fingerprint density at radius 3 is 2.73 bits per heavy atom. The van der Waals surface area contributed by atoms with Crippen LogP contribution in [0.5, 0.6) is 5.88 Å². The first-order chi connectivity index (χ1) is 7.09. The van der Waals surface area contributed by atoms with E-state index in [-0.39, 0.29) is 17.3 Å². The fraction of sp³-hybridized carbons (Fsp3) is 0.556. The third kappa shape index (κ3) is 4.64. The zero-order valence-electron chi connectivity index (χ0n) is 8.54. The van der Waals surface area contributed by atoms with Crippen molar-refractivity contribution in [3.05, 3.63) is 16.5 Å². The van der Waals surface area contributed by atoms with Crippen LogP contribution in [0.4, 0.5) is 0 Å². The number of nitrogens with zero attached hydrogens (tertiary/aromatic N) is 2. The number of rotatable bonds is 5. The van der Waals surface area contributed by atoms with Crippen molar-refractivity contribution in [3.63, 3.8) is 0 Å². The summed E-state index contributed by atoms with van der Waals surface area (Å²) < 4.78 is 10.6. The molecule has 0 amide bonds. The molecule has 0 aromatic carbocycles. The molecule has 0 atom stereocenters. The van der Waals surface area contributed by atoms with Crippen molar-refractivity contribution in [2.75, 3.05) is 13.2 Å². The zero-order chi connectivity index (χ0) is 11.3. The molecule has 0 aliphatic rings. The van der Waals surface area contributed by atoms with E-state index in [1.807, 2.05) is 13.8 Å². The summed E-state index contributed by atoms with van der Waals surface area (Å²) in [6.07, 6.45) is 1.58. The Labute approximate surface area is 98.5 Å². The van der Waals surface area contributed by atoms with Crippen LogP contribution in [0.3, 0.4) is 0 Å². The first kappa shape index (κ1) is 12.5. The van der Waals surface area contributed by atoms with E-state index in [1.165, 1.54) is 6.20 Å². The third-order valence-corrected chi connectivity index (χ3v) is 1.90. The predicted octanol–water partition coefficient (Wildman–Crippen LogP) is 2.59. The largest absolute Gasteiger partial charge is 0.474 e. The van der Waals surface area contributed by atoms with Gasteiger partial charge in [0.1, 0.15) is 11.6 Å². The topological polar surface area (TPSA) is 44.2 Å². The van der Waals surface area contributed by atoms with Crippen LogP contribution in [-0.4, -0.2) is 29.3 Å². The van der Waals surface area contributed by atoms with E-state index in [4.69, 9.17) is 32.7 Å². The van der Waals surface area contributed by atoms with Gasteiger partial charge < -0.3 is 9.47 Å². The van der Waals surface area contributed by atoms with E-state index in [9.17, 15) is 0 Å². The molecule has 0 unspecified atom stereocenters. The van der Waals surface area contributed by atoms with Crippen molar-refractivity contribution in [1.82, 2.24) is 9.97 Å². The van der Waals surface area contributed by atoms with Crippen LogP contribution < -0.4 is 4.74 Å². The Hall–Kier alpha value is -0.580.